The van der Waals surface area contributed by atoms with Crippen LogP contribution < -0.4 is 5.32 Å². The molecule has 2 rings (SSSR count). The Balaban J connectivity index is 2.43. The Labute approximate surface area is 94.0 Å². The quantitative estimate of drug-likeness (QED) is 0.797. The summed E-state index contributed by atoms with van der Waals surface area (Å²) in [5.41, 5.74) is -0.383. The number of aromatic hydroxyl groups is 1. The Morgan fingerprint density at radius 3 is 2.88 bits per heavy atom. The Bertz CT molecular complexity index is 464. The molecule has 1 atom stereocenters. The highest BCUT2D eigenvalue weighted by molar-refractivity contribution is 5.69. The highest BCUT2D eigenvalue weighted by Crippen LogP contribution is 2.38. The van der Waals surface area contributed by atoms with E-state index in [9.17, 15) is 23.1 Å². The van der Waals surface area contributed by atoms with Gasteiger partial charge in [-0.05, 0) is 6.07 Å². The number of hydrogen-bond acceptors (Lipinski definition) is 3. The molecule has 1 aromatic carbocycles. The second-order valence-corrected chi connectivity index (χ2v) is 3.59. The number of amides is 1. The second kappa shape index (κ2) is 3.83. The van der Waals surface area contributed by atoms with Crippen molar-refractivity contribution in [2.24, 2.45) is 0 Å². The lowest BCUT2D eigenvalue weighted by molar-refractivity contribution is -0.104. The largest absolute Gasteiger partial charge is 0.505 e. The van der Waals surface area contributed by atoms with Crippen LogP contribution >= 0.6 is 0 Å². The van der Waals surface area contributed by atoms with Gasteiger partial charge in [0.1, 0.15) is 6.04 Å². The Kier molecular flexibility index (Phi) is 2.60. The molecular formula is C10H8F3NO3. The molecule has 1 aliphatic rings. The molecule has 0 saturated carbocycles. The number of rotatable bonds is 1. The molecule has 0 unspecified atom stereocenters. The van der Waals surface area contributed by atoms with Gasteiger partial charge >= 0.3 is 12.0 Å². The van der Waals surface area contributed by atoms with Crippen molar-refractivity contribution in [3.05, 3.63) is 29.6 Å². The van der Waals surface area contributed by atoms with Crippen LogP contribution in [-0.2, 0) is 4.74 Å². The maximum atomic E-state index is 13.5. The van der Waals surface area contributed by atoms with Crippen LogP contribution in [0.4, 0.5) is 18.0 Å². The molecule has 7 heteroatoms. The van der Waals surface area contributed by atoms with E-state index in [1.54, 1.807) is 0 Å². The van der Waals surface area contributed by atoms with Crippen LogP contribution in [0.5, 0.6) is 5.75 Å². The maximum absolute atomic E-state index is 13.5. The smallest absolute Gasteiger partial charge is 0.408 e. The summed E-state index contributed by atoms with van der Waals surface area (Å²) in [6.45, 7) is -1.11. The van der Waals surface area contributed by atoms with Crippen LogP contribution in [0.2, 0.25) is 0 Å². The number of carbonyl (C=O) groups excluding carboxylic acids is 1. The molecule has 0 bridgehead atoms. The number of benzene rings is 1. The lowest BCUT2D eigenvalue weighted by Crippen LogP contribution is -2.49. The molecule has 0 aromatic heterocycles. The molecule has 92 valence electrons. The minimum atomic E-state index is -3.42. The molecule has 1 heterocycles. The van der Waals surface area contributed by atoms with Gasteiger partial charge in [0.25, 0.3) is 0 Å². The van der Waals surface area contributed by atoms with Gasteiger partial charge in [0.2, 0.25) is 0 Å². The fraction of sp³-hybridized carbons (Fsp3) is 0.300. The number of phenolic OH excluding ortho intramolecular Hbond substituents is 1. The fourth-order valence-electron chi connectivity index (χ4n) is 1.58. The van der Waals surface area contributed by atoms with Crippen molar-refractivity contribution in [3.63, 3.8) is 0 Å². The second-order valence-electron chi connectivity index (χ2n) is 3.59. The summed E-state index contributed by atoms with van der Waals surface area (Å²) in [5.74, 6) is -5.35. The van der Waals surface area contributed by atoms with Crippen LogP contribution in [0.25, 0.3) is 0 Å². The van der Waals surface area contributed by atoms with Gasteiger partial charge in [-0.25, -0.2) is 18.0 Å². The van der Waals surface area contributed by atoms with Gasteiger partial charge in [0.05, 0.1) is 0 Å². The average Bonchev–Trinajstić information content (AvgIpc) is 2.26. The topological polar surface area (TPSA) is 58.6 Å². The first kappa shape index (κ1) is 11.6. The van der Waals surface area contributed by atoms with E-state index in [0.29, 0.717) is 0 Å². The fourth-order valence-corrected chi connectivity index (χ4v) is 1.58. The third-order valence-corrected chi connectivity index (χ3v) is 2.41. The summed E-state index contributed by atoms with van der Waals surface area (Å²) in [7, 11) is 0. The first-order chi connectivity index (χ1) is 7.92. The van der Waals surface area contributed by atoms with Gasteiger partial charge in [-0.15, -0.1) is 0 Å². The molecule has 1 aliphatic heterocycles. The number of alkyl carbamates (subject to hydrolysis) is 1. The number of phenols is 1. The normalized spacial score (nSPS) is 22.8. The minimum Gasteiger partial charge on any atom is -0.505 e. The molecule has 17 heavy (non-hydrogen) atoms. The molecule has 1 amide bonds. The van der Waals surface area contributed by atoms with Gasteiger partial charge in [0.15, 0.2) is 18.2 Å². The van der Waals surface area contributed by atoms with Crippen molar-refractivity contribution in [1.82, 2.24) is 5.32 Å². The minimum absolute atomic E-state index is 0.383. The number of carbonyl (C=O) groups is 1. The standard InChI is InChI=1S/C10H8F3NO3/c11-6-3-1-2-5(7(6)15)8-10(12,13)4-17-9(16)14-8/h1-3,8,15H,4H2,(H,14,16)/t8-/m1/s1. The number of alkyl halides is 2. The van der Waals surface area contributed by atoms with E-state index in [-0.39, 0.29) is 5.56 Å². The van der Waals surface area contributed by atoms with Crippen molar-refractivity contribution >= 4 is 6.09 Å². The van der Waals surface area contributed by atoms with E-state index >= 15 is 0 Å². The predicted octanol–water partition coefficient (Wildman–Crippen LogP) is 1.95. The molecule has 1 aromatic rings. The first-order valence-electron chi connectivity index (χ1n) is 4.70. The van der Waals surface area contributed by atoms with Crippen LogP contribution in [0.15, 0.2) is 18.2 Å². The van der Waals surface area contributed by atoms with Crippen molar-refractivity contribution < 1.29 is 27.8 Å². The molecule has 1 saturated heterocycles. The third-order valence-electron chi connectivity index (χ3n) is 2.41. The number of halogens is 3. The number of nitrogens with one attached hydrogen (secondary N) is 1. The number of cyclic esters (lactones) is 1. The Hall–Kier alpha value is -1.92. The highest BCUT2D eigenvalue weighted by Gasteiger charge is 2.48. The molecule has 2 N–H and O–H groups in total. The first-order valence-corrected chi connectivity index (χ1v) is 4.70. The zero-order valence-electron chi connectivity index (χ0n) is 8.41. The lowest BCUT2D eigenvalue weighted by atomic mass is 9.99. The monoisotopic (exact) mass is 247 g/mol. The summed E-state index contributed by atoms with van der Waals surface area (Å²) in [6, 6.07) is 1.41. The summed E-state index contributed by atoms with van der Waals surface area (Å²) in [6.07, 6.45) is -1.04. The van der Waals surface area contributed by atoms with Gasteiger partial charge in [-0.1, -0.05) is 12.1 Å². The lowest BCUT2D eigenvalue weighted by Gasteiger charge is -2.32. The van der Waals surface area contributed by atoms with Crippen molar-refractivity contribution in [1.29, 1.82) is 0 Å². The van der Waals surface area contributed by atoms with E-state index in [4.69, 9.17) is 0 Å². The van der Waals surface area contributed by atoms with Gasteiger partial charge < -0.3 is 15.2 Å². The van der Waals surface area contributed by atoms with E-state index in [0.717, 1.165) is 12.1 Å². The highest BCUT2D eigenvalue weighted by atomic mass is 19.3. The summed E-state index contributed by atoms with van der Waals surface area (Å²) >= 11 is 0. The van der Waals surface area contributed by atoms with Crippen molar-refractivity contribution in [2.75, 3.05) is 6.61 Å². The van der Waals surface area contributed by atoms with E-state index < -0.39 is 36.2 Å². The maximum Gasteiger partial charge on any atom is 0.408 e. The zero-order valence-corrected chi connectivity index (χ0v) is 8.41. The summed E-state index contributed by atoms with van der Waals surface area (Å²) in [4.78, 5) is 10.9. The molecule has 0 radical (unpaired) electrons. The van der Waals surface area contributed by atoms with Gasteiger partial charge in [-0.2, -0.15) is 0 Å². The summed E-state index contributed by atoms with van der Waals surface area (Å²) < 4.78 is 44.1. The van der Waals surface area contributed by atoms with E-state index in [1.165, 1.54) is 6.07 Å². The summed E-state index contributed by atoms with van der Waals surface area (Å²) in [5, 5.41) is 11.2. The molecule has 4 nitrogen and oxygen atoms in total. The molecule has 0 spiro atoms. The van der Waals surface area contributed by atoms with Crippen LogP contribution in [0.1, 0.15) is 11.6 Å². The average molecular weight is 247 g/mol. The number of ether oxygens (including phenoxy) is 1. The number of para-hydroxylation sites is 1. The predicted molar refractivity (Wildman–Crippen MR) is 50.2 cm³/mol. The molecule has 0 aliphatic carbocycles. The van der Waals surface area contributed by atoms with Crippen molar-refractivity contribution in [2.45, 2.75) is 12.0 Å². The van der Waals surface area contributed by atoms with Crippen LogP contribution in [0, 0.1) is 5.82 Å². The SMILES string of the molecule is O=C1N[C@H](c2cccc(F)c2O)C(F)(F)CO1. The number of hydrogen-bond donors (Lipinski definition) is 2. The van der Waals surface area contributed by atoms with Crippen molar-refractivity contribution in [3.8, 4) is 5.75 Å². The Morgan fingerprint density at radius 1 is 1.47 bits per heavy atom. The van der Waals surface area contributed by atoms with E-state index in [2.05, 4.69) is 4.74 Å². The van der Waals surface area contributed by atoms with E-state index in [1.807, 2.05) is 5.32 Å². The molecule has 1 fully saturated rings. The van der Waals surface area contributed by atoms with Crippen LogP contribution in [0.3, 0.4) is 0 Å². The zero-order chi connectivity index (χ0) is 12.6. The van der Waals surface area contributed by atoms with Gasteiger partial charge in [-0.3, -0.25) is 0 Å². The van der Waals surface area contributed by atoms with Gasteiger partial charge in [0, 0.05) is 5.56 Å². The third kappa shape index (κ3) is 2.00. The van der Waals surface area contributed by atoms with Crippen LogP contribution in [-0.4, -0.2) is 23.7 Å². The molecular weight excluding hydrogens is 239 g/mol. The Morgan fingerprint density at radius 2 is 2.18 bits per heavy atom.